The van der Waals surface area contributed by atoms with Gasteiger partial charge in [-0.1, -0.05) is 6.08 Å². The number of hydrogen-bond donors (Lipinski definition) is 0. The summed E-state index contributed by atoms with van der Waals surface area (Å²) in [6.45, 7) is 0.0911. The Labute approximate surface area is 64.4 Å². The standard InChI is InChI=1S/C8H10F2O/c1-11-5-6-7(9)3-2-4-8(6)10/h2-4,6-7H,5H2,1H3. The fraction of sp³-hybridized carbons (Fsp3) is 0.500. The molecule has 1 aliphatic rings. The molecular formula is C8H10F2O. The number of alkyl halides is 1. The molecule has 0 fully saturated rings. The Hall–Kier alpha value is -0.700. The zero-order chi connectivity index (χ0) is 8.27. The fourth-order valence-corrected chi connectivity index (χ4v) is 1.01. The van der Waals surface area contributed by atoms with Gasteiger partial charge < -0.3 is 4.74 Å². The molecule has 0 radical (unpaired) electrons. The lowest BCUT2D eigenvalue weighted by Gasteiger charge is -2.18. The highest BCUT2D eigenvalue weighted by atomic mass is 19.1. The summed E-state index contributed by atoms with van der Waals surface area (Å²) in [5.41, 5.74) is 0. The number of rotatable bonds is 2. The molecule has 0 aromatic carbocycles. The van der Waals surface area contributed by atoms with Gasteiger partial charge in [-0.15, -0.1) is 0 Å². The van der Waals surface area contributed by atoms with Crippen molar-refractivity contribution in [1.82, 2.24) is 0 Å². The molecule has 0 N–H and O–H groups in total. The molecule has 0 saturated carbocycles. The highest BCUT2D eigenvalue weighted by Crippen LogP contribution is 2.24. The molecule has 0 aromatic rings. The Morgan fingerprint density at radius 1 is 1.64 bits per heavy atom. The van der Waals surface area contributed by atoms with Crippen molar-refractivity contribution in [2.45, 2.75) is 6.17 Å². The van der Waals surface area contributed by atoms with E-state index < -0.39 is 17.9 Å². The van der Waals surface area contributed by atoms with Crippen LogP contribution in [0.15, 0.2) is 24.1 Å². The highest BCUT2D eigenvalue weighted by Gasteiger charge is 2.24. The average Bonchev–Trinajstić information content (AvgIpc) is 1.97. The normalized spacial score (nSPS) is 30.3. The first-order valence-electron chi connectivity index (χ1n) is 3.42. The molecule has 0 bridgehead atoms. The summed E-state index contributed by atoms with van der Waals surface area (Å²) in [7, 11) is 1.43. The summed E-state index contributed by atoms with van der Waals surface area (Å²) in [6, 6.07) is 0. The molecule has 3 heteroatoms. The van der Waals surface area contributed by atoms with Gasteiger partial charge in [0, 0.05) is 7.11 Å². The van der Waals surface area contributed by atoms with Gasteiger partial charge in [0.2, 0.25) is 0 Å². The van der Waals surface area contributed by atoms with Crippen molar-refractivity contribution in [2.24, 2.45) is 5.92 Å². The van der Waals surface area contributed by atoms with Gasteiger partial charge in [-0.3, -0.25) is 0 Å². The number of methoxy groups -OCH3 is 1. The van der Waals surface area contributed by atoms with E-state index in [2.05, 4.69) is 4.74 Å². The van der Waals surface area contributed by atoms with Crippen molar-refractivity contribution in [2.75, 3.05) is 13.7 Å². The molecule has 0 amide bonds. The molecule has 2 atom stereocenters. The maximum atomic E-state index is 12.8. The van der Waals surface area contributed by atoms with Gasteiger partial charge in [0.1, 0.15) is 12.0 Å². The van der Waals surface area contributed by atoms with Crippen LogP contribution in [-0.2, 0) is 4.74 Å². The van der Waals surface area contributed by atoms with Crippen molar-refractivity contribution < 1.29 is 13.5 Å². The third-order valence-electron chi connectivity index (χ3n) is 1.64. The van der Waals surface area contributed by atoms with E-state index >= 15 is 0 Å². The zero-order valence-electron chi connectivity index (χ0n) is 6.26. The molecule has 1 aliphatic carbocycles. The first-order chi connectivity index (χ1) is 5.25. The van der Waals surface area contributed by atoms with E-state index in [1.807, 2.05) is 0 Å². The Morgan fingerprint density at radius 2 is 2.36 bits per heavy atom. The third-order valence-corrected chi connectivity index (χ3v) is 1.64. The van der Waals surface area contributed by atoms with E-state index in [-0.39, 0.29) is 6.61 Å². The molecular weight excluding hydrogens is 150 g/mol. The van der Waals surface area contributed by atoms with Crippen LogP contribution in [0.25, 0.3) is 0 Å². The second-order valence-electron chi connectivity index (χ2n) is 2.44. The summed E-state index contributed by atoms with van der Waals surface area (Å²) in [5.74, 6) is -1.19. The van der Waals surface area contributed by atoms with Gasteiger partial charge >= 0.3 is 0 Å². The average molecular weight is 160 g/mol. The topological polar surface area (TPSA) is 9.23 Å². The maximum Gasteiger partial charge on any atom is 0.130 e. The lowest BCUT2D eigenvalue weighted by atomic mass is 9.99. The fourth-order valence-electron chi connectivity index (χ4n) is 1.01. The van der Waals surface area contributed by atoms with Crippen molar-refractivity contribution in [1.29, 1.82) is 0 Å². The van der Waals surface area contributed by atoms with Gasteiger partial charge in [0.05, 0.1) is 12.5 Å². The van der Waals surface area contributed by atoms with E-state index in [0.717, 1.165) is 0 Å². The van der Waals surface area contributed by atoms with E-state index in [1.165, 1.54) is 25.3 Å². The summed E-state index contributed by atoms with van der Waals surface area (Å²) in [5, 5.41) is 0. The molecule has 0 aliphatic heterocycles. The lowest BCUT2D eigenvalue weighted by molar-refractivity contribution is 0.120. The molecule has 0 heterocycles. The maximum absolute atomic E-state index is 12.8. The summed E-state index contributed by atoms with van der Waals surface area (Å²) < 4.78 is 30.3. The first kappa shape index (κ1) is 8.40. The largest absolute Gasteiger partial charge is 0.384 e. The Morgan fingerprint density at radius 3 is 2.91 bits per heavy atom. The van der Waals surface area contributed by atoms with Crippen LogP contribution in [0.2, 0.25) is 0 Å². The van der Waals surface area contributed by atoms with Crippen LogP contribution < -0.4 is 0 Å². The molecule has 0 aromatic heterocycles. The van der Waals surface area contributed by atoms with Gasteiger partial charge in [-0.25, -0.2) is 8.78 Å². The minimum absolute atomic E-state index is 0.0911. The summed E-state index contributed by atoms with van der Waals surface area (Å²) >= 11 is 0. The molecule has 0 spiro atoms. The molecule has 0 saturated heterocycles. The van der Waals surface area contributed by atoms with E-state index in [9.17, 15) is 8.78 Å². The predicted octanol–water partition coefficient (Wildman–Crippen LogP) is 2.01. The van der Waals surface area contributed by atoms with Crippen LogP contribution in [-0.4, -0.2) is 19.9 Å². The van der Waals surface area contributed by atoms with E-state index in [0.29, 0.717) is 0 Å². The van der Waals surface area contributed by atoms with Gasteiger partial charge in [0.25, 0.3) is 0 Å². The lowest BCUT2D eigenvalue weighted by Crippen LogP contribution is -2.21. The van der Waals surface area contributed by atoms with Crippen LogP contribution in [0, 0.1) is 5.92 Å². The van der Waals surface area contributed by atoms with Gasteiger partial charge in [-0.2, -0.15) is 0 Å². The summed E-state index contributed by atoms with van der Waals surface area (Å²) in [6.07, 6.45) is 2.72. The first-order valence-corrected chi connectivity index (χ1v) is 3.42. The van der Waals surface area contributed by atoms with Crippen LogP contribution in [0.1, 0.15) is 0 Å². The molecule has 1 nitrogen and oxygen atoms in total. The van der Waals surface area contributed by atoms with Crippen LogP contribution in [0.3, 0.4) is 0 Å². The number of allylic oxidation sites excluding steroid dienone is 3. The Kier molecular flexibility index (Phi) is 2.76. The van der Waals surface area contributed by atoms with Crippen molar-refractivity contribution in [3.8, 4) is 0 Å². The van der Waals surface area contributed by atoms with E-state index in [1.54, 1.807) is 0 Å². The van der Waals surface area contributed by atoms with Crippen LogP contribution in [0.5, 0.6) is 0 Å². The number of ether oxygens (including phenoxy) is 1. The minimum Gasteiger partial charge on any atom is -0.384 e. The predicted molar refractivity (Wildman–Crippen MR) is 38.6 cm³/mol. The van der Waals surface area contributed by atoms with Crippen LogP contribution >= 0.6 is 0 Å². The quantitative estimate of drug-likeness (QED) is 0.600. The second-order valence-corrected chi connectivity index (χ2v) is 2.44. The molecule has 1 rings (SSSR count). The molecule has 62 valence electrons. The van der Waals surface area contributed by atoms with Crippen molar-refractivity contribution in [3.05, 3.63) is 24.1 Å². The number of hydrogen-bond acceptors (Lipinski definition) is 1. The van der Waals surface area contributed by atoms with Gasteiger partial charge in [0.15, 0.2) is 0 Å². The second kappa shape index (κ2) is 3.62. The van der Waals surface area contributed by atoms with Crippen LogP contribution in [0.4, 0.5) is 8.78 Å². The Balaban J connectivity index is 2.62. The smallest absolute Gasteiger partial charge is 0.130 e. The van der Waals surface area contributed by atoms with Gasteiger partial charge in [-0.05, 0) is 12.2 Å². The monoisotopic (exact) mass is 160 g/mol. The highest BCUT2D eigenvalue weighted by molar-refractivity contribution is 5.19. The minimum atomic E-state index is -1.25. The van der Waals surface area contributed by atoms with Crippen molar-refractivity contribution >= 4 is 0 Å². The Bertz CT molecular complexity index is 187. The van der Waals surface area contributed by atoms with E-state index in [4.69, 9.17) is 0 Å². The zero-order valence-corrected chi connectivity index (χ0v) is 6.26. The summed E-state index contributed by atoms with van der Waals surface area (Å²) in [4.78, 5) is 0. The molecule has 2 unspecified atom stereocenters. The third kappa shape index (κ3) is 1.87. The van der Waals surface area contributed by atoms with Crippen molar-refractivity contribution in [3.63, 3.8) is 0 Å². The number of halogens is 2. The SMILES string of the molecule is COCC1C(F)=CC=CC1F. The molecule has 11 heavy (non-hydrogen) atoms.